The van der Waals surface area contributed by atoms with Crippen molar-refractivity contribution in [2.45, 2.75) is 5.37 Å². The van der Waals surface area contributed by atoms with Crippen LogP contribution in [0.25, 0.3) is 0 Å². The molecule has 1 aromatic rings. The van der Waals surface area contributed by atoms with Gasteiger partial charge < -0.3 is 24.2 Å². The highest BCUT2D eigenvalue weighted by molar-refractivity contribution is 8.00. The Morgan fingerprint density at radius 1 is 1.19 bits per heavy atom. The topological polar surface area (TPSA) is 62.3 Å². The lowest BCUT2D eigenvalue weighted by Gasteiger charge is -2.34. The summed E-state index contributed by atoms with van der Waals surface area (Å²) in [6.07, 6.45) is 0. The average molecular weight is 379 g/mol. The van der Waals surface area contributed by atoms with Crippen LogP contribution >= 0.6 is 11.8 Å². The zero-order valence-corrected chi connectivity index (χ0v) is 16.3. The number of thioether (sulfide) groups is 1. The molecular weight excluding hydrogens is 354 g/mol. The number of piperazine rings is 1. The van der Waals surface area contributed by atoms with Gasteiger partial charge in [-0.05, 0) is 25.2 Å². The predicted octanol–water partition coefficient (Wildman–Crippen LogP) is 1.05. The van der Waals surface area contributed by atoms with E-state index < -0.39 is 0 Å². The minimum absolute atomic E-state index is 0.000753. The molecule has 1 atom stereocenters. The van der Waals surface area contributed by atoms with Gasteiger partial charge >= 0.3 is 0 Å². The fourth-order valence-electron chi connectivity index (χ4n) is 3.22. The third-order valence-corrected chi connectivity index (χ3v) is 6.07. The normalized spacial score (nSPS) is 21.2. The Balaban J connectivity index is 1.78. The van der Waals surface area contributed by atoms with Gasteiger partial charge in [0.25, 0.3) is 0 Å². The molecule has 2 heterocycles. The van der Waals surface area contributed by atoms with E-state index >= 15 is 0 Å². The maximum absolute atomic E-state index is 12.7. The van der Waals surface area contributed by atoms with Gasteiger partial charge in [-0.1, -0.05) is 0 Å². The molecule has 2 aliphatic rings. The molecule has 0 saturated carbocycles. The Bertz CT molecular complexity index is 676. The van der Waals surface area contributed by atoms with Gasteiger partial charge in [0.2, 0.25) is 11.8 Å². The molecule has 3 rings (SSSR count). The number of benzene rings is 1. The zero-order chi connectivity index (χ0) is 18.7. The van der Waals surface area contributed by atoms with Crippen molar-refractivity contribution >= 4 is 23.6 Å². The molecule has 2 aliphatic heterocycles. The van der Waals surface area contributed by atoms with Crippen LogP contribution in [-0.2, 0) is 9.59 Å². The summed E-state index contributed by atoms with van der Waals surface area (Å²) in [5, 5.41) is -0.246. The fourth-order valence-corrected chi connectivity index (χ4v) is 4.42. The number of methoxy groups -OCH3 is 2. The second kappa shape index (κ2) is 8.18. The number of rotatable bonds is 5. The highest BCUT2D eigenvalue weighted by Gasteiger charge is 2.37. The van der Waals surface area contributed by atoms with E-state index in [1.54, 1.807) is 19.1 Å². The molecule has 7 nitrogen and oxygen atoms in total. The van der Waals surface area contributed by atoms with Crippen molar-refractivity contribution in [3.8, 4) is 11.5 Å². The Morgan fingerprint density at radius 3 is 2.58 bits per heavy atom. The number of ether oxygens (including phenoxy) is 2. The Labute approximate surface area is 158 Å². The third-order valence-electron chi connectivity index (χ3n) is 4.83. The molecule has 8 heteroatoms. The van der Waals surface area contributed by atoms with Crippen molar-refractivity contribution in [3.63, 3.8) is 0 Å². The van der Waals surface area contributed by atoms with Crippen molar-refractivity contribution in [3.05, 3.63) is 23.8 Å². The quantitative estimate of drug-likeness (QED) is 0.762. The highest BCUT2D eigenvalue weighted by Crippen LogP contribution is 2.43. The maximum atomic E-state index is 12.7. The molecule has 2 amide bonds. The van der Waals surface area contributed by atoms with Crippen LogP contribution in [0.15, 0.2) is 18.2 Å². The average Bonchev–Trinajstić information content (AvgIpc) is 3.02. The fraction of sp³-hybridized carbons (Fsp3) is 0.556. The summed E-state index contributed by atoms with van der Waals surface area (Å²) in [5.41, 5.74) is 0.855. The summed E-state index contributed by atoms with van der Waals surface area (Å²) in [6, 6.07) is 5.53. The van der Waals surface area contributed by atoms with Crippen molar-refractivity contribution in [2.75, 3.05) is 59.7 Å². The summed E-state index contributed by atoms with van der Waals surface area (Å²) >= 11 is 1.51. The van der Waals surface area contributed by atoms with Crippen LogP contribution in [-0.4, -0.2) is 86.3 Å². The van der Waals surface area contributed by atoms with Gasteiger partial charge in [-0.2, -0.15) is 0 Å². The van der Waals surface area contributed by atoms with Crippen molar-refractivity contribution in [1.29, 1.82) is 0 Å². The van der Waals surface area contributed by atoms with Crippen molar-refractivity contribution in [2.24, 2.45) is 0 Å². The first-order chi connectivity index (χ1) is 12.5. The standard InChI is InChI=1S/C18H25N3O4S/c1-19-6-8-20(9-7-19)16(22)11-21-17(23)12-26-18(21)14-10-13(24-2)4-5-15(14)25-3/h4-5,10,18H,6-9,11-12H2,1-3H3/t18-/m1/s1. The molecule has 0 spiro atoms. The number of amides is 2. The summed E-state index contributed by atoms with van der Waals surface area (Å²) < 4.78 is 10.8. The molecule has 0 radical (unpaired) electrons. The van der Waals surface area contributed by atoms with Gasteiger partial charge in [0.15, 0.2) is 0 Å². The molecular formula is C18H25N3O4S. The van der Waals surface area contributed by atoms with Gasteiger partial charge in [0.05, 0.1) is 20.0 Å². The third kappa shape index (κ3) is 3.91. The first kappa shape index (κ1) is 18.8. The van der Waals surface area contributed by atoms with Crippen molar-refractivity contribution < 1.29 is 19.1 Å². The molecule has 2 saturated heterocycles. The minimum atomic E-state index is -0.246. The minimum Gasteiger partial charge on any atom is -0.497 e. The lowest BCUT2D eigenvalue weighted by Crippen LogP contribution is -2.50. The van der Waals surface area contributed by atoms with Gasteiger partial charge in [-0.15, -0.1) is 11.8 Å². The van der Waals surface area contributed by atoms with E-state index in [-0.39, 0.29) is 23.7 Å². The van der Waals surface area contributed by atoms with Crippen LogP contribution in [0.2, 0.25) is 0 Å². The van der Waals surface area contributed by atoms with E-state index in [0.29, 0.717) is 30.3 Å². The molecule has 0 bridgehead atoms. The van der Waals surface area contributed by atoms with E-state index in [2.05, 4.69) is 4.90 Å². The number of likely N-dealkylation sites (N-methyl/N-ethyl adjacent to an activating group) is 1. The monoisotopic (exact) mass is 379 g/mol. The van der Waals surface area contributed by atoms with E-state index in [9.17, 15) is 9.59 Å². The molecule has 0 N–H and O–H groups in total. The highest BCUT2D eigenvalue weighted by atomic mass is 32.2. The summed E-state index contributed by atoms with van der Waals surface area (Å²) in [7, 11) is 5.26. The van der Waals surface area contributed by atoms with Gasteiger partial charge in [0.1, 0.15) is 23.4 Å². The summed E-state index contributed by atoms with van der Waals surface area (Å²) in [4.78, 5) is 30.8. The van der Waals surface area contributed by atoms with Crippen LogP contribution in [0, 0.1) is 0 Å². The Hall–Kier alpha value is -1.93. The molecule has 2 fully saturated rings. The largest absolute Gasteiger partial charge is 0.497 e. The lowest BCUT2D eigenvalue weighted by atomic mass is 10.1. The molecule has 1 aromatic carbocycles. The molecule has 0 unspecified atom stereocenters. The first-order valence-electron chi connectivity index (χ1n) is 8.62. The number of carbonyl (C=O) groups is 2. The van der Waals surface area contributed by atoms with Crippen LogP contribution in [0.1, 0.15) is 10.9 Å². The van der Waals surface area contributed by atoms with Crippen LogP contribution in [0.3, 0.4) is 0 Å². The van der Waals surface area contributed by atoms with Gasteiger partial charge in [-0.3, -0.25) is 9.59 Å². The van der Waals surface area contributed by atoms with E-state index in [1.165, 1.54) is 11.8 Å². The van der Waals surface area contributed by atoms with E-state index in [4.69, 9.17) is 9.47 Å². The SMILES string of the molecule is COc1ccc(OC)c([C@H]2SCC(=O)N2CC(=O)N2CCN(C)CC2)c1. The number of nitrogens with zero attached hydrogens (tertiary/aromatic N) is 3. The summed E-state index contributed by atoms with van der Waals surface area (Å²) in [5.74, 6) is 1.73. The molecule has 0 aliphatic carbocycles. The molecule has 26 heavy (non-hydrogen) atoms. The van der Waals surface area contributed by atoms with Crippen LogP contribution in [0.5, 0.6) is 11.5 Å². The number of hydrogen-bond donors (Lipinski definition) is 0. The lowest BCUT2D eigenvalue weighted by molar-refractivity contribution is -0.140. The Kier molecular flexibility index (Phi) is 5.93. The number of carbonyl (C=O) groups excluding carboxylic acids is 2. The Morgan fingerprint density at radius 2 is 1.92 bits per heavy atom. The van der Waals surface area contributed by atoms with Crippen LogP contribution in [0.4, 0.5) is 0 Å². The van der Waals surface area contributed by atoms with E-state index in [1.807, 2.05) is 30.1 Å². The van der Waals surface area contributed by atoms with E-state index in [0.717, 1.165) is 18.7 Å². The van der Waals surface area contributed by atoms with Crippen LogP contribution < -0.4 is 9.47 Å². The van der Waals surface area contributed by atoms with Crippen molar-refractivity contribution in [1.82, 2.24) is 14.7 Å². The second-order valence-corrected chi connectivity index (χ2v) is 7.55. The first-order valence-corrected chi connectivity index (χ1v) is 9.67. The number of hydrogen-bond acceptors (Lipinski definition) is 6. The zero-order valence-electron chi connectivity index (χ0n) is 15.4. The van der Waals surface area contributed by atoms with Gasteiger partial charge in [-0.25, -0.2) is 0 Å². The van der Waals surface area contributed by atoms with Gasteiger partial charge in [0, 0.05) is 31.7 Å². The maximum Gasteiger partial charge on any atom is 0.242 e. The predicted molar refractivity (Wildman–Crippen MR) is 101 cm³/mol. The molecule has 142 valence electrons. The molecule has 0 aromatic heterocycles. The smallest absolute Gasteiger partial charge is 0.242 e. The summed E-state index contributed by atoms with van der Waals surface area (Å²) in [6.45, 7) is 3.24. The second-order valence-electron chi connectivity index (χ2n) is 6.48.